The number of hydrogen-bond donors (Lipinski definition) is 0. The molecule has 7 nitrogen and oxygen atoms in total. The quantitative estimate of drug-likeness (QED) is 0.613. The standard InChI is InChI=1S/C12H15N3O4/c1-3-7-14-11-9(19-8(4-2)12(14)16)5-6-10(13-11)15(17)18/h5-6,8H,3-4,7H2,1-2H3. The number of carbonyl (C=O) groups is 1. The molecule has 0 saturated heterocycles. The molecule has 1 aliphatic rings. The van der Waals surface area contributed by atoms with Crippen molar-refractivity contribution < 1.29 is 14.5 Å². The third kappa shape index (κ3) is 2.35. The van der Waals surface area contributed by atoms with E-state index in [2.05, 4.69) is 4.98 Å². The van der Waals surface area contributed by atoms with Gasteiger partial charge in [0.25, 0.3) is 11.7 Å². The molecule has 0 bridgehead atoms. The van der Waals surface area contributed by atoms with Crippen LogP contribution >= 0.6 is 0 Å². The summed E-state index contributed by atoms with van der Waals surface area (Å²) in [4.78, 5) is 27.7. The smallest absolute Gasteiger partial charge is 0.366 e. The first kappa shape index (κ1) is 13.3. The van der Waals surface area contributed by atoms with E-state index in [4.69, 9.17) is 4.74 Å². The molecule has 102 valence electrons. The molecule has 0 radical (unpaired) electrons. The number of nitro groups is 1. The largest absolute Gasteiger partial charge is 0.474 e. The fourth-order valence-corrected chi connectivity index (χ4v) is 1.99. The molecule has 0 aliphatic carbocycles. The number of pyridine rings is 1. The molecule has 19 heavy (non-hydrogen) atoms. The molecule has 1 aromatic rings. The molecular weight excluding hydrogens is 250 g/mol. The van der Waals surface area contributed by atoms with Crippen LogP contribution in [0.2, 0.25) is 0 Å². The highest BCUT2D eigenvalue weighted by Gasteiger charge is 2.37. The summed E-state index contributed by atoms with van der Waals surface area (Å²) in [6, 6.07) is 2.78. The van der Waals surface area contributed by atoms with Gasteiger partial charge in [0, 0.05) is 12.6 Å². The summed E-state index contributed by atoms with van der Waals surface area (Å²) in [6.45, 7) is 4.26. The van der Waals surface area contributed by atoms with Gasteiger partial charge in [0.15, 0.2) is 11.9 Å². The third-order valence-corrected chi connectivity index (χ3v) is 2.90. The Morgan fingerprint density at radius 2 is 2.21 bits per heavy atom. The van der Waals surface area contributed by atoms with E-state index in [-0.39, 0.29) is 17.5 Å². The van der Waals surface area contributed by atoms with Crippen LogP contribution in [0.25, 0.3) is 0 Å². The number of fused-ring (bicyclic) bond motifs is 1. The minimum atomic E-state index is -0.583. The highest BCUT2D eigenvalue weighted by molar-refractivity contribution is 5.99. The lowest BCUT2D eigenvalue weighted by Crippen LogP contribution is -2.46. The molecule has 1 amide bonds. The van der Waals surface area contributed by atoms with Gasteiger partial charge >= 0.3 is 5.82 Å². The molecule has 0 saturated carbocycles. The topological polar surface area (TPSA) is 85.6 Å². The van der Waals surface area contributed by atoms with Gasteiger partial charge in [-0.1, -0.05) is 13.8 Å². The van der Waals surface area contributed by atoms with E-state index in [1.165, 1.54) is 17.0 Å². The first-order valence-electron chi connectivity index (χ1n) is 6.22. The molecule has 1 atom stereocenters. The van der Waals surface area contributed by atoms with E-state index in [0.29, 0.717) is 18.7 Å². The Labute approximate surface area is 110 Å². The number of amides is 1. The van der Waals surface area contributed by atoms with Crippen molar-refractivity contribution in [2.45, 2.75) is 32.8 Å². The van der Waals surface area contributed by atoms with Crippen LogP contribution in [0, 0.1) is 10.1 Å². The second kappa shape index (κ2) is 5.21. The number of anilines is 1. The number of carbonyl (C=O) groups excluding carboxylic acids is 1. The van der Waals surface area contributed by atoms with Crippen LogP contribution in [0.4, 0.5) is 11.6 Å². The van der Waals surface area contributed by atoms with Crippen molar-refractivity contribution >= 4 is 17.5 Å². The molecule has 0 fully saturated rings. The van der Waals surface area contributed by atoms with Gasteiger partial charge in [-0.3, -0.25) is 9.69 Å². The molecule has 0 aromatic carbocycles. The Morgan fingerprint density at radius 3 is 2.79 bits per heavy atom. The Balaban J connectivity index is 2.47. The lowest BCUT2D eigenvalue weighted by molar-refractivity contribution is -0.389. The fraction of sp³-hybridized carbons (Fsp3) is 0.500. The molecule has 0 spiro atoms. The second-order valence-electron chi connectivity index (χ2n) is 4.25. The van der Waals surface area contributed by atoms with Crippen molar-refractivity contribution in [1.29, 1.82) is 0 Å². The van der Waals surface area contributed by atoms with Crippen molar-refractivity contribution in [1.82, 2.24) is 4.98 Å². The van der Waals surface area contributed by atoms with Crippen LogP contribution in [0.3, 0.4) is 0 Å². The Bertz CT molecular complexity index is 518. The van der Waals surface area contributed by atoms with Gasteiger partial charge in [-0.15, -0.1) is 0 Å². The lowest BCUT2D eigenvalue weighted by atomic mass is 10.2. The average molecular weight is 265 g/mol. The number of hydrogen-bond acceptors (Lipinski definition) is 5. The minimum Gasteiger partial charge on any atom is -0.474 e. The van der Waals surface area contributed by atoms with E-state index in [1.54, 1.807) is 0 Å². The molecule has 0 N–H and O–H groups in total. The highest BCUT2D eigenvalue weighted by atomic mass is 16.6. The fourth-order valence-electron chi connectivity index (χ4n) is 1.99. The van der Waals surface area contributed by atoms with Crippen LogP contribution in [0.15, 0.2) is 12.1 Å². The molecular formula is C12H15N3O4. The predicted molar refractivity (Wildman–Crippen MR) is 68.2 cm³/mol. The van der Waals surface area contributed by atoms with Gasteiger partial charge in [0.2, 0.25) is 0 Å². The van der Waals surface area contributed by atoms with E-state index in [0.717, 1.165) is 6.42 Å². The summed E-state index contributed by atoms with van der Waals surface area (Å²) >= 11 is 0. The van der Waals surface area contributed by atoms with E-state index in [9.17, 15) is 14.9 Å². The van der Waals surface area contributed by atoms with Crippen molar-refractivity contribution in [2.24, 2.45) is 0 Å². The molecule has 1 aromatic heterocycles. The zero-order valence-electron chi connectivity index (χ0n) is 10.8. The van der Waals surface area contributed by atoms with Gasteiger partial charge in [-0.2, -0.15) is 0 Å². The maximum Gasteiger partial charge on any atom is 0.366 e. The van der Waals surface area contributed by atoms with Crippen molar-refractivity contribution in [3.05, 3.63) is 22.2 Å². The zero-order valence-corrected chi connectivity index (χ0v) is 10.8. The Morgan fingerprint density at radius 1 is 1.47 bits per heavy atom. The van der Waals surface area contributed by atoms with Crippen molar-refractivity contribution in [3.63, 3.8) is 0 Å². The zero-order chi connectivity index (χ0) is 14.0. The molecule has 7 heteroatoms. The number of aromatic nitrogens is 1. The number of nitrogens with zero attached hydrogens (tertiary/aromatic N) is 3. The molecule has 1 aliphatic heterocycles. The maximum atomic E-state index is 12.2. The van der Waals surface area contributed by atoms with Gasteiger partial charge in [0.1, 0.15) is 0 Å². The van der Waals surface area contributed by atoms with E-state index in [1.807, 2.05) is 13.8 Å². The average Bonchev–Trinajstić information content (AvgIpc) is 2.41. The number of rotatable bonds is 4. The van der Waals surface area contributed by atoms with E-state index >= 15 is 0 Å². The lowest BCUT2D eigenvalue weighted by Gasteiger charge is -2.30. The summed E-state index contributed by atoms with van der Waals surface area (Å²) in [5, 5.41) is 10.8. The number of ether oxygens (including phenoxy) is 1. The van der Waals surface area contributed by atoms with Gasteiger partial charge in [-0.05, 0) is 28.8 Å². The summed E-state index contributed by atoms with van der Waals surface area (Å²) in [5.41, 5.74) is 0. The van der Waals surface area contributed by atoms with Gasteiger partial charge in [0.05, 0.1) is 0 Å². The molecule has 2 rings (SSSR count). The summed E-state index contributed by atoms with van der Waals surface area (Å²) < 4.78 is 5.53. The van der Waals surface area contributed by atoms with Crippen LogP contribution in [0.1, 0.15) is 26.7 Å². The molecule has 2 heterocycles. The minimum absolute atomic E-state index is 0.190. The van der Waals surface area contributed by atoms with Gasteiger partial charge in [-0.25, -0.2) is 0 Å². The van der Waals surface area contributed by atoms with E-state index < -0.39 is 11.0 Å². The Hall–Kier alpha value is -2.18. The predicted octanol–water partition coefficient (Wildman–Crippen LogP) is 1.90. The SMILES string of the molecule is CCCN1C(=O)C(CC)Oc2ccc([N+](=O)[O-])nc21. The van der Waals surface area contributed by atoms with Crippen LogP contribution in [-0.4, -0.2) is 28.5 Å². The normalized spacial score (nSPS) is 17.9. The van der Waals surface area contributed by atoms with Crippen LogP contribution < -0.4 is 9.64 Å². The highest BCUT2D eigenvalue weighted by Crippen LogP contribution is 2.34. The summed E-state index contributed by atoms with van der Waals surface area (Å²) in [5.74, 6) is 0.187. The van der Waals surface area contributed by atoms with Gasteiger partial charge < -0.3 is 14.9 Å². The summed E-state index contributed by atoms with van der Waals surface area (Å²) in [7, 11) is 0. The Kier molecular flexibility index (Phi) is 3.64. The van der Waals surface area contributed by atoms with Crippen molar-refractivity contribution in [3.8, 4) is 5.75 Å². The third-order valence-electron chi connectivity index (χ3n) is 2.90. The first-order chi connectivity index (χ1) is 9.08. The maximum absolute atomic E-state index is 12.2. The van der Waals surface area contributed by atoms with Crippen molar-refractivity contribution in [2.75, 3.05) is 11.4 Å². The molecule has 1 unspecified atom stereocenters. The summed E-state index contributed by atoms with van der Waals surface area (Å²) in [6.07, 6.45) is 0.754. The van der Waals surface area contributed by atoms with Crippen LogP contribution in [-0.2, 0) is 4.79 Å². The second-order valence-corrected chi connectivity index (χ2v) is 4.25. The first-order valence-corrected chi connectivity index (χ1v) is 6.22. The monoisotopic (exact) mass is 265 g/mol. The van der Waals surface area contributed by atoms with Crippen LogP contribution in [0.5, 0.6) is 5.75 Å².